The number of hydrogen-bond donors (Lipinski definition) is 1. The molecule has 24 heavy (non-hydrogen) atoms. The molecule has 0 bridgehead atoms. The standard InChI is InChI=1S/C16H27N5O3/c1-19-14(12-21-7-9-24-10-8-21)17-18-16(19)13-3-2-5-20(11-13)6-4-15(22)23/h13H,2-12H2,1H3,(H,22,23)/t13-/m0/s1. The van der Waals surface area contributed by atoms with Gasteiger partial charge in [-0.05, 0) is 19.4 Å². The quantitative estimate of drug-likeness (QED) is 0.799. The topological polar surface area (TPSA) is 83.7 Å². The molecule has 2 fully saturated rings. The number of carbonyl (C=O) groups is 1. The van der Waals surface area contributed by atoms with Crippen molar-refractivity contribution >= 4 is 5.97 Å². The Morgan fingerprint density at radius 2 is 2.04 bits per heavy atom. The fraction of sp³-hybridized carbons (Fsp3) is 0.812. The van der Waals surface area contributed by atoms with E-state index < -0.39 is 5.97 Å². The van der Waals surface area contributed by atoms with Gasteiger partial charge in [-0.3, -0.25) is 9.69 Å². The van der Waals surface area contributed by atoms with Gasteiger partial charge in [0, 0.05) is 39.1 Å². The average molecular weight is 337 g/mol. The number of hydrogen-bond acceptors (Lipinski definition) is 6. The highest BCUT2D eigenvalue weighted by atomic mass is 16.5. The van der Waals surface area contributed by atoms with Crippen molar-refractivity contribution in [1.29, 1.82) is 0 Å². The van der Waals surface area contributed by atoms with Gasteiger partial charge in [-0.2, -0.15) is 0 Å². The summed E-state index contributed by atoms with van der Waals surface area (Å²) in [6.45, 7) is 6.71. The molecule has 2 saturated heterocycles. The van der Waals surface area contributed by atoms with Gasteiger partial charge in [0.2, 0.25) is 0 Å². The molecule has 0 aromatic carbocycles. The lowest BCUT2D eigenvalue weighted by molar-refractivity contribution is -0.137. The first-order chi connectivity index (χ1) is 11.6. The van der Waals surface area contributed by atoms with Crippen LogP contribution < -0.4 is 0 Å². The maximum Gasteiger partial charge on any atom is 0.304 e. The summed E-state index contributed by atoms with van der Waals surface area (Å²) in [5.74, 6) is 1.62. The van der Waals surface area contributed by atoms with Crippen molar-refractivity contribution in [1.82, 2.24) is 24.6 Å². The molecule has 0 saturated carbocycles. The van der Waals surface area contributed by atoms with E-state index in [1.807, 2.05) is 7.05 Å². The number of morpholine rings is 1. The van der Waals surface area contributed by atoms with Crippen LogP contribution in [0, 0.1) is 0 Å². The Bertz CT molecular complexity index is 556. The summed E-state index contributed by atoms with van der Waals surface area (Å²) in [6.07, 6.45) is 2.37. The molecule has 0 amide bonds. The van der Waals surface area contributed by atoms with E-state index in [0.717, 1.165) is 70.4 Å². The molecule has 0 unspecified atom stereocenters. The van der Waals surface area contributed by atoms with Crippen LogP contribution in [0.3, 0.4) is 0 Å². The van der Waals surface area contributed by atoms with E-state index >= 15 is 0 Å². The third-order valence-corrected chi connectivity index (χ3v) is 4.98. The second-order valence-corrected chi connectivity index (χ2v) is 6.71. The van der Waals surface area contributed by atoms with Crippen LogP contribution in [0.15, 0.2) is 0 Å². The van der Waals surface area contributed by atoms with Crippen LogP contribution in [0.5, 0.6) is 0 Å². The van der Waals surface area contributed by atoms with Crippen molar-refractivity contribution < 1.29 is 14.6 Å². The highest BCUT2D eigenvalue weighted by Gasteiger charge is 2.26. The zero-order valence-corrected chi connectivity index (χ0v) is 14.4. The molecule has 0 aliphatic carbocycles. The molecule has 134 valence electrons. The lowest BCUT2D eigenvalue weighted by Crippen LogP contribution is -2.37. The fourth-order valence-electron chi connectivity index (χ4n) is 3.55. The Hall–Kier alpha value is -1.51. The Morgan fingerprint density at radius 3 is 2.79 bits per heavy atom. The van der Waals surface area contributed by atoms with Crippen molar-refractivity contribution in [2.24, 2.45) is 7.05 Å². The molecule has 1 atom stereocenters. The van der Waals surface area contributed by atoms with Crippen LogP contribution in [0.4, 0.5) is 0 Å². The normalized spacial score (nSPS) is 23.5. The number of piperidine rings is 1. The zero-order chi connectivity index (χ0) is 16.9. The first-order valence-corrected chi connectivity index (χ1v) is 8.76. The van der Waals surface area contributed by atoms with Gasteiger partial charge in [0.15, 0.2) is 0 Å². The number of carboxylic acids is 1. The van der Waals surface area contributed by atoms with E-state index in [2.05, 4.69) is 24.6 Å². The van der Waals surface area contributed by atoms with Crippen LogP contribution in [0.2, 0.25) is 0 Å². The molecule has 1 aromatic rings. The minimum Gasteiger partial charge on any atom is -0.481 e. The molecule has 1 N–H and O–H groups in total. The highest BCUT2D eigenvalue weighted by molar-refractivity contribution is 5.66. The summed E-state index contributed by atoms with van der Waals surface area (Å²) < 4.78 is 7.51. The summed E-state index contributed by atoms with van der Waals surface area (Å²) >= 11 is 0. The van der Waals surface area contributed by atoms with Crippen molar-refractivity contribution in [3.8, 4) is 0 Å². The monoisotopic (exact) mass is 337 g/mol. The second kappa shape index (κ2) is 8.04. The van der Waals surface area contributed by atoms with Crippen molar-refractivity contribution in [3.05, 3.63) is 11.6 Å². The molecular formula is C16H27N5O3. The largest absolute Gasteiger partial charge is 0.481 e. The summed E-state index contributed by atoms with van der Waals surface area (Å²) in [5, 5.41) is 17.7. The number of likely N-dealkylation sites (tertiary alicyclic amines) is 1. The Kier molecular flexibility index (Phi) is 5.80. The van der Waals surface area contributed by atoms with Gasteiger partial charge in [0.25, 0.3) is 0 Å². The molecule has 0 radical (unpaired) electrons. The molecule has 8 nitrogen and oxygen atoms in total. The van der Waals surface area contributed by atoms with Crippen LogP contribution in [0.25, 0.3) is 0 Å². The maximum absolute atomic E-state index is 10.8. The number of nitrogens with zero attached hydrogens (tertiary/aromatic N) is 5. The molecule has 3 heterocycles. The molecule has 2 aliphatic rings. The van der Waals surface area contributed by atoms with Gasteiger partial charge >= 0.3 is 5.97 Å². The van der Waals surface area contributed by atoms with Crippen LogP contribution in [0.1, 0.15) is 36.8 Å². The molecular weight excluding hydrogens is 310 g/mol. The number of carboxylic acid groups (broad SMARTS) is 1. The van der Waals surface area contributed by atoms with Crippen molar-refractivity contribution in [2.75, 3.05) is 45.9 Å². The molecule has 3 rings (SSSR count). The van der Waals surface area contributed by atoms with Crippen LogP contribution >= 0.6 is 0 Å². The van der Waals surface area contributed by atoms with Crippen molar-refractivity contribution in [3.63, 3.8) is 0 Å². The van der Waals surface area contributed by atoms with Gasteiger partial charge in [0.05, 0.1) is 26.2 Å². The summed E-state index contributed by atoms with van der Waals surface area (Å²) in [6, 6.07) is 0. The second-order valence-electron chi connectivity index (χ2n) is 6.71. The minimum absolute atomic E-state index is 0.202. The summed E-state index contributed by atoms with van der Waals surface area (Å²) in [5.41, 5.74) is 0. The smallest absolute Gasteiger partial charge is 0.304 e. The van der Waals surface area contributed by atoms with Gasteiger partial charge in [0.1, 0.15) is 11.6 Å². The van der Waals surface area contributed by atoms with E-state index in [1.165, 1.54) is 0 Å². The van der Waals surface area contributed by atoms with E-state index in [9.17, 15) is 4.79 Å². The first-order valence-electron chi connectivity index (χ1n) is 8.76. The predicted octanol–water partition coefficient (Wildman–Crippen LogP) is 0.301. The number of aliphatic carboxylic acids is 1. The van der Waals surface area contributed by atoms with Gasteiger partial charge in [-0.25, -0.2) is 0 Å². The Balaban J connectivity index is 1.60. The minimum atomic E-state index is -0.733. The van der Waals surface area contributed by atoms with Gasteiger partial charge < -0.3 is 19.3 Å². The van der Waals surface area contributed by atoms with Crippen molar-refractivity contribution in [2.45, 2.75) is 31.7 Å². The van der Waals surface area contributed by atoms with E-state index in [0.29, 0.717) is 12.5 Å². The van der Waals surface area contributed by atoms with E-state index in [-0.39, 0.29) is 6.42 Å². The molecule has 0 spiro atoms. The van der Waals surface area contributed by atoms with Crippen LogP contribution in [-0.4, -0.2) is 81.6 Å². The van der Waals surface area contributed by atoms with Crippen LogP contribution in [-0.2, 0) is 23.1 Å². The average Bonchev–Trinajstić information content (AvgIpc) is 2.95. The fourth-order valence-corrected chi connectivity index (χ4v) is 3.55. The van der Waals surface area contributed by atoms with Gasteiger partial charge in [-0.1, -0.05) is 0 Å². The van der Waals surface area contributed by atoms with E-state index in [4.69, 9.17) is 9.84 Å². The summed E-state index contributed by atoms with van der Waals surface area (Å²) in [7, 11) is 2.04. The molecule has 2 aliphatic heterocycles. The number of rotatable bonds is 6. The highest BCUT2D eigenvalue weighted by Crippen LogP contribution is 2.26. The Labute approximate surface area is 142 Å². The third-order valence-electron chi connectivity index (χ3n) is 4.98. The Morgan fingerprint density at radius 1 is 1.25 bits per heavy atom. The third kappa shape index (κ3) is 4.31. The summed E-state index contributed by atoms with van der Waals surface area (Å²) in [4.78, 5) is 15.4. The molecule has 8 heteroatoms. The lowest BCUT2D eigenvalue weighted by Gasteiger charge is -2.31. The maximum atomic E-state index is 10.8. The number of aromatic nitrogens is 3. The SMILES string of the molecule is Cn1c(CN2CCOCC2)nnc1[C@H]1CCCN(CCC(=O)O)C1. The predicted molar refractivity (Wildman–Crippen MR) is 87.8 cm³/mol. The molecule has 1 aromatic heterocycles. The lowest BCUT2D eigenvalue weighted by atomic mass is 9.97. The van der Waals surface area contributed by atoms with Gasteiger partial charge in [-0.15, -0.1) is 10.2 Å². The zero-order valence-electron chi connectivity index (χ0n) is 14.4. The van der Waals surface area contributed by atoms with E-state index in [1.54, 1.807) is 0 Å². The number of ether oxygens (including phenoxy) is 1. The first kappa shape index (κ1) is 17.3.